The Morgan fingerprint density at radius 3 is 2.40 bits per heavy atom. The zero-order valence-electron chi connectivity index (χ0n) is 13.0. The highest BCUT2D eigenvalue weighted by Crippen LogP contribution is 2.31. The molecule has 1 aromatic carbocycles. The first-order valence-electron chi connectivity index (χ1n) is 7.59. The minimum atomic E-state index is -0.0292. The SMILES string of the molecule is CNC(=O)c1ccc(C)c(NC2CC(C)CC(C)C2)c1. The summed E-state index contributed by atoms with van der Waals surface area (Å²) in [4.78, 5) is 11.7. The molecular formula is C17H26N2O. The molecule has 1 aromatic rings. The third-order valence-electron chi connectivity index (χ3n) is 4.26. The summed E-state index contributed by atoms with van der Waals surface area (Å²) in [7, 11) is 1.67. The molecule has 2 atom stereocenters. The van der Waals surface area contributed by atoms with Crippen LogP contribution in [0.2, 0.25) is 0 Å². The number of carbonyl (C=O) groups is 1. The van der Waals surface area contributed by atoms with Gasteiger partial charge in [0.25, 0.3) is 5.91 Å². The average Bonchev–Trinajstić information content (AvgIpc) is 2.39. The third-order valence-corrected chi connectivity index (χ3v) is 4.26. The summed E-state index contributed by atoms with van der Waals surface area (Å²) in [6.07, 6.45) is 3.76. The van der Waals surface area contributed by atoms with E-state index in [0.29, 0.717) is 6.04 Å². The zero-order chi connectivity index (χ0) is 14.7. The van der Waals surface area contributed by atoms with Gasteiger partial charge in [0.2, 0.25) is 0 Å². The molecule has 1 amide bonds. The summed E-state index contributed by atoms with van der Waals surface area (Å²) < 4.78 is 0. The van der Waals surface area contributed by atoms with Gasteiger partial charge in [0, 0.05) is 24.3 Å². The Morgan fingerprint density at radius 2 is 1.80 bits per heavy atom. The maximum Gasteiger partial charge on any atom is 0.251 e. The zero-order valence-corrected chi connectivity index (χ0v) is 13.0. The van der Waals surface area contributed by atoms with Crippen LogP contribution in [-0.2, 0) is 0 Å². The Hall–Kier alpha value is -1.51. The highest BCUT2D eigenvalue weighted by Gasteiger charge is 2.24. The lowest BCUT2D eigenvalue weighted by Crippen LogP contribution is -2.30. The van der Waals surface area contributed by atoms with E-state index in [4.69, 9.17) is 0 Å². The number of hydrogen-bond donors (Lipinski definition) is 2. The number of hydrogen-bond acceptors (Lipinski definition) is 2. The Labute approximate surface area is 122 Å². The van der Waals surface area contributed by atoms with Crippen molar-refractivity contribution in [1.29, 1.82) is 0 Å². The molecule has 2 unspecified atom stereocenters. The van der Waals surface area contributed by atoms with Crippen molar-refractivity contribution in [2.75, 3.05) is 12.4 Å². The maximum atomic E-state index is 11.7. The van der Waals surface area contributed by atoms with Crippen LogP contribution in [0, 0.1) is 18.8 Å². The van der Waals surface area contributed by atoms with E-state index in [0.717, 1.165) is 23.1 Å². The fourth-order valence-electron chi connectivity index (χ4n) is 3.35. The molecule has 0 radical (unpaired) electrons. The lowest BCUT2D eigenvalue weighted by molar-refractivity contribution is 0.0963. The van der Waals surface area contributed by atoms with Crippen molar-refractivity contribution in [2.45, 2.75) is 46.1 Å². The molecule has 0 heterocycles. The van der Waals surface area contributed by atoms with Crippen molar-refractivity contribution in [1.82, 2.24) is 5.32 Å². The molecule has 1 saturated carbocycles. The van der Waals surface area contributed by atoms with Crippen LogP contribution in [0.25, 0.3) is 0 Å². The molecular weight excluding hydrogens is 248 g/mol. The number of benzene rings is 1. The van der Waals surface area contributed by atoms with Crippen molar-refractivity contribution in [2.24, 2.45) is 11.8 Å². The van der Waals surface area contributed by atoms with Crippen molar-refractivity contribution in [3.8, 4) is 0 Å². The molecule has 2 rings (SSSR count). The summed E-state index contributed by atoms with van der Waals surface area (Å²) in [5, 5.41) is 6.33. The smallest absolute Gasteiger partial charge is 0.251 e. The lowest BCUT2D eigenvalue weighted by Gasteiger charge is -2.33. The number of carbonyl (C=O) groups excluding carboxylic acids is 1. The van der Waals surface area contributed by atoms with Gasteiger partial charge in [-0.05, 0) is 55.7 Å². The summed E-state index contributed by atoms with van der Waals surface area (Å²) in [6, 6.07) is 6.39. The molecule has 1 aliphatic rings. The summed E-state index contributed by atoms with van der Waals surface area (Å²) in [6.45, 7) is 6.75. The minimum Gasteiger partial charge on any atom is -0.382 e. The highest BCUT2D eigenvalue weighted by molar-refractivity contribution is 5.95. The number of rotatable bonds is 3. The van der Waals surface area contributed by atoms with E-state index < -0.39 is 0 Å². The Kier molecular flexibility index (Phi) is 4.69. The van der Waals surface area contributed by atoms with Gasteiger partial charge in [0.15, 0.2) is 0 Å². The third kappa shape index (κ3) is 3.53. The van der Waals surface area contributed by atoms with Crippen LogP contribution in [0.5, 0.6) is 0 Å². The first-order valence-corrected chi connectivity index (χ1v) is 7.59. The Morgan fingerprint density at radius 1 is 1.15 bits per heavy atom. The second-order valence-corrected chi connectivity index (χ2v) is 6.37. The number of aryl methyl sites for hydroxylation is 1. The molecule has 0 bridgehead atoms. The molecule has 20 heavy (non-hydrogen) atoms. The summed E-state index contributed by atoms with van der Waals surface area (Å²) >= 11 is 0. The molecule has 2 N–H and O–H groups in total. The van der Waals surface area contributed by atoms with Gasteiger partial charge < -0.3 is 10.6 Å². The predicted octanol–water partition coefficient (Wildman–Crippen LogP) is 3.59. The van der Waals surface area contributed by atoms with Gasteiger partial charge in [-0.15, -0.1) is 0 Å². The van der Waals surface area contributed by atoms with Crippen LogP contribution in [0.15, 0.2) is 18.2 Å². The van der Waals surface area contributed by atoms with Gasteiger partial charge in [-0.2, -0.15) is 0 Å². The van der Waals surface area contributed by atoms with Crippen LogP contribution in [-0.4, -0.2) is 19.0 Å². The quantitative estimate of drug-likeness (QED) is 0.884. The van der Waals surface area contributed by atoms with Gasteiger partial charge in [-0.25, -0.2) is 0 Å². The first kappa shape index (κ1) is 14.9. The van der Waals surface area contributed by atoms with Gasteiger partial charge in [-0.3, -0.25) is 4.79 Å². The Balaban J connectivity index is 2.13. The number of amides is 1. The monoisotopic (exact) mass is 274 g/mol. The standard InChI is InChI=1S/C17H26N2O/c1-11-7-12(2)9-15(8-11)19-16-10-14(17(20)18-4)6-5-13(16)3/h5-6,10-12,15,19H,7-9H2,1-4H3,(H,18,20). The number of anilines is 1. The fourth-order valence-corrected chi connectivity index (χ4v) is 3.35. The van der Waals surface area contributed by atoms with Gasteiger partial charge >= 0.3 is 0 Å². The topological polar surface area (TPSA) is 41.1 Å². The van der Waals surface area contributed by atoms with Crippen molar-refractivity contribution in [3.63, 3.8) is 0 Å². The molecule has 3 nitrogen and oxygen atoms in total. The van der Waals surface area contributed by atoms with Crippen LogP contribution in [0.3, 0.4) is 0 Å². The number of nitrogens with one attached hydrogen (secondary N) is 2. The van der Waals surface area contributed by atoms with Crippen molar-refractivity contribution >= 4 is 11.6 Å². The Bertz CT molecular complexity index is 474. The van der Waals surface area contributed by atoms with Crippen LogP contribution >= 0.6 is 0 Å². The van der Waals surface area contributed by atoms with Gasteiger partial charge in [0.05, 0.1) is 0 Å². The first-order chi connectivity index (χ1) is 9.49. The second-order valence-electron chi connectivity index (χ2n) is 6.37. The van der Waals surface area contributed by atoms with Crippen molar-refractivity contribution in [3.05, 3.63) is 29.3 Å². The van der Waals surface area contributed by atoms with Gasteiger partial charge in [-0.1, -0.05) is 19.9 Å². The van der Waals surface area contributed by atoms with Crippen molar-refractivity contribution < 1.29 is 4.79 Å². The van der Waals surface area contributed by atoms with Crippen LogP contribution in [0.1, 0.15) is 49.0 Å². The van der Waals surface area contributed by atoms with E-state index in [1.807, 2.05) is 18.2 Å². The molecule has 0 aromatic heterocycles. The average molecular weight is 274 g/mol. The lowest BCUT2D eigenvalue weighted by atomic mass is 9.80. The maximum absolute atomic E-state index is 11.7. The molecule has 1 fully saturated rings. The fraction of sp³-hybridized carbons (Fsp3) is 0.588. The van der Waals surface area contributed by atoms with Crippen LogP contribution < -0.4 is 10.6 Å². The molecule has 0 saturated heterocycles. The van der Waals surface area contributed by atoms with E-state index in [9.17, 15) is 4.79 Å². The largest absolute Gasteiger partial charge is 0.382 e. The van der Waals surface area contributed by atoms with E-state index in [-0.39, 0.29) is 5.91 Å². The minimum absolute atomic E-state index is 0.0292. The summed E-state index contributed by atoms with van der Waals surface area (Å²) in [5.74, 6) is 1.52. The summed E-state index contributed by atoms with van der Waals surface area (Å²) in [5.41, 5.74) is 3.01. The molecule has 0 spiro atoms. The highest BCUT2D eigenvalue weighted by atomic mass is 16.1. The molecule has 110 valence electrons. The van der Waals surface area contributed by atoms with E-state index in [1.54, 1.807) is 7.05 Å². The predicted molar refractivity (Wildman–Crippen MR) is 84.2 cm³/mol. The molecule has 1 aliphatic carbocycles. The van der Waals surface area contributed by atoms with E-state index >= 15 is 0 Å². The van der Waals surface area contributed by atoms with Crippen LogP contribution in [0.4, 0.5) is 5.69 Å². The normalized spacial score (nSPS) is 26.1. The molecule has 0 aliphatic heterocycles. The van der Waals surface area contributed by atoms with Gasteiger partial charge in [0.1, 0.15) is 0 Å². The molecule has 3 heteroatoms. The van der Waals surface area contributed by atoms with E-state index in [2.05, 4.69) is 31.4 Å². The van der Waals surface area contributed by atoms with E-state index in [1.165, 1.54) is 24.8 Å². The second kappa shape index (κ2) is 6.29.